The Labute approximate surface area is 187 Å². The molecule has 0 aliphatic carbocycles. The average Bonchev–Trinajstić information content (AvgIpc) is 2.84. The van der Waals surface area contributed by atoms with Gasteiger partial charge in [0.05, 0.1) is 28.8 Å². The number of hydrogen-bond acceptors (Lipinski definition) is 8. The van der Waals surface area contributed by atoms with Crippen molar-refractivity contribution in [1.82, 2.24) is 9.97 Å². The molecule has 166 valence electrons. The molecule has 0 saturated heterocycles. The first kappa shape index (κ1) is 21.7. The first-order chi connectivity index (χ1) is 16.0. The Balaban J connectivity index is 1.81. The number of benzene rings is 3. The van der Waals surface area contributed by atoms with E-state index in [4.69, 9.17) is 4.74 Å². The number of aromatic amines is 1. The van der Waals surface area contributed by atoms with Crippen molar-refractivity contribution in [2.45, 2.75) is 6.10 Å². The number of H-pyrrole nitrogens is 1. The zero-order chi connectivity index (χ0) is 23.4. The van der Waals surface area contributed by atoms with E-state index < -0.39 is 16.6 Å². The average molecular weight is 445 g/mol. The number of ether oxygens (including phenoxy) is 1. The van der Waals surface area contributed by atoms with E-state index in [1.807, 2.05) is 18.2 Å². The lowest BCUT2D eigenvalue weighted by Gasteiger charge is -2.15. The third-order valence-electron chi connectivity index (χ3n) is 4.90. The van der Waals surface area contributed by atoms with Gasteiger partial charge in [-0.3, -0.25) is 20.3 Å². The van der Waals surface area contributed by atoms with E-state index in [-0.39, 0.29) is 22.6 Å². The van der Waals surface area contributed by atoms with Crippen LogP contribution in [0.5, 0.6) is 5.75 Å². The fourth-order valence-electron chi connectivity index (χ4n) is 3.19. The van der Waals surface area contributed by atoms with Crippen LogP contribution in [0.25, 0.3) is 11.0 Å². The molecule has 0 fully saturated rings. The maximum Gasteiger partial charge on any atom is 0.276 e. The maximum atomic E-state index is 12.9. The van der Waals surface area contributed by atoms with Gasteiger partial charge in [-0.05, 0) is 35.9 Å². The third kappa shape index (κ3) is 4.70. The van der Waals surface area contributed by atoms with E-state index in [1.54, 1.807) is 36.4 Å². The normalized spacial score (nSPS) is 12.4. The lowest BCUT2D eigenvalue weighted by Crippen LogP contribution is -2.26. The number of aromatic nitrogens is 2. The van der Waals surface area contributed by atoms with Crippen molar-refractivity contribution in [3.05, 3.63) is 105 Å². The molecular formula is C23H19N5O5. The van der Waals surface area contributed by atoms with Crippen molar-refractivity contribution in [2.24, 2.45) is 5.10 Å². The molecule has 1 aromatic heterocycles. The molecule has 10 heteroatoms. The van der Waals surface area contributed by atoms with Gasteiger partial charge in [0.15, 0.2) is 5.69 Å². The summed E-state index contributed by atoms with van der Waals surface area (Å²) in [5, 5.41) is 26.4. The van der Waals surface area contributed by atoms with E-state index in [9.17, 15) is 20.0 Å². The number of fused-ring (bicyclic) bond motifs is 1. The summed E-state index contributed by atoms with van der Waals surface area (Å²) in [4.78, 5) is 30.3. The summed E-state index contributed by atoms with van der Waals surface area (Å²) < 4.78 is 5.15. The minimum Gasteiger partial charge on any atom is -0.497 e. The summed E-state index contributed by atoms with van der Waals surface area (Å²) in [5.74, 6) is 0.607. The standard InChI is InChI=1S/C23H19N5O5/c1-33-17-10-7-14(8-11-17)22(29)20(27-26-15-5-3-2-4-6-15)21-23(30)25-19-13-16(28(31)32)9-12-18(19)24-21/h2-13,22,26,29H,1H3,(H,25,30)/b27-20+. The number of hydrogen-bond donors (Lipinski definition) is 3. The number of para-hydroxylation sites is 1. The second kappa shape index (κ2) is 9.28. The maximum absolute atomic E-state index is 12.9. The number of non-ortho nitro benzene ring substituents is 1. The molecule has 0 aliphatic heterocycles. The van der Waals surface area contributed by atoms with E-state index in [0.717, 1.165) is 0 Å². The first-order valence-electron chi connectivity index (χ1n) is 9.86. The number of nitrogens with one attached hydrogen (secondary N) is 2. The van der Waals surface area contributed by atoms with Gasteiger partial charge in [0.2, 0.25) is 0 Å². The lowest BCUT2D eigenvalue weighted by atomic mass is 10.0. The Bertz CT molecular complexity index is 1380. The minimum atomic E-state index is -1.30. The molecule has 3 aromatic carbocycles. The van der Waals surface area contributed by atoms with E-state index in [1.165, 1.54) is 25.3 Å². The van der Waals surface area contributed by atoms with Crippen LogP contribution >= 0.6 is 0 Å². The van der Waals surface area contributed by atoms with Crippen LogP contribution in [-0.2, 0) is 0 Å². The van der Waals surface area contributed by atoms with Crippen LogP contribution in [0, 0.1) is 10.1 Å². The topological polar surface area (TPSA) is 143 Å². The molecule has 0 aliphatic rings. The molecule has 1 heterocycles. The molecule has 4 aromatic rings. The molecule has 1 unspecified atom stereocenters. The van der Waals surface area contributed by atoms with Crippen molar-refractivity contribution in [3.8, 4) is 5.75 Å². The number of aliphatic hydroxyl groups excluding tert-OH is 1. The van der Waals surface area contributed by atoms with Crippen molar-refractivity contribution in [3.63, 3.8) is 0 Å². The molecule has 1 atom stereocenters. The number of nitro benzene ring substituents is 1. The highest BCUT2D eigenvalue weighted by atomic mass is 16.6. The van der Waals surface area contributed by atoms with Crippen molar-refractivity contribution < 1.29 is 14.8 Å². The molecule has 4 rings (SSSR count). The van der Waals surface area contributed by atoms with Gasteiger partial charge in [0.1, 0.15) is 17.6 Å². The fraction of sp³-hybridized carbons (Fsp3) is 0.0870. The van der Waals surface area contributed by atoms with Gasteiger partial charge in [-0.15, -0.1) is 0 Å². The third-order valence-corrected chi connectivity index (χ3v) is 4.90. The van der Waals surface area contributed by atoms with Crippen molar-refractivity contribution in [2.75, 3.05) is 12.5 Å². The Morgan fingerprint density at radius 1 is 1.15 bits per heavy atom. The Hall–Kier alpha value is -4.57. The zero-order valence-corrected chi connectivity index (χ0v) is 17.4. The summed E-state index contributed by atoms with van der Waals surface area (Å²) in [7, 11) is 1.53. The van der Waals surface area contributed by atoms with Gasteiger partial charge in [-0.1, -0.05) is 30.3 Å². The van der Waals surface area contributed by atoms with Crippen LogP contribution in [0.15, 0.2) is 82.7 Å². The number of methoxy groups -OCH3 is 1. The van der Waals surface area contributed by atoms with Crippen LogP contribution in [-0.4, -0.2) is 32.8 Å². The number of nitro groups is 1. The quantitative estimate of drug-likeness (QED) is 0.225. The summed E-state index contributed by atoms with van der Waals surface area (Å²) in [6, 6.07) is 19.6. The molecule has 0 amide bonds. The highest BCUT2D eigenvalue weighted by Crippen LogP contribution is 2.22. The predicted octanol–water partition coefficient (Wildman–Crippen LogP) is 3.39. The lowest BCUT2D eigenvalue weighted by molar-refractivity contribution is -0.384. The Kier molecular flexibility index (Phi) is 6.09. The SMILES string of the molecule is COc1ccc(C(O)/C(=N/Nc2ccccc2)c2nc3ccc([N+](=O)[O-])cc3[nH]c2=O)cc1. The number of hydrazone groups is 1. The number of nitrogens with zero attached hydrogens (tertiary/aromatic N) is 3. The zero-order valence-electron chi connectivity index (χ0n) is 17.4. The Morgan fingerprint density at radius 2 is 1.88 bits per heavy atom. The molecule has 33 heavy (non-hydrogen) atoms. The van der Waals surface area contributed by atoms with Crippen LogP contribution in [0.2, 0.25) is 0 Å². The van der Waals surface area contributed by atoms with Crippen LogP contribution in [0.1, 0.15) is 17.4 Å². The predicted molar refractivity (Wildman–Crippen MR) is 124 cm³/mol. The van der Waals surface area contributed by atoms with Gasteiger partial charge >= 0.3 is 0 Å². The molecule has 3 N–H and O–H groups in total. The first-order valence-corrected chi connectivity index (χ1v) is 9.86. The van der Waals surface area contributed by atoms with Gasteiger partial charge in [-0.2, -0.15) is 5.10 Å². The molecule has 10 nitrogen and oxygen atoms in total. The largest absolute Gasteiger partial charge is 0.497 e. The van der Waals surface area contributed by atoms with Crippen molar-refractivity contribution in [1.29, 1.82) is 0 Å². The smallest absolute Gasteiger partial charge is 0.276 e. The van der Waals surface area contributed by atoms with E-state index in [2.05, 4.69) is 20.5 Å². The molecule has 0 saturated carbocycles. The van der Waals surface area contributed by atoms with E-state index in [0.29, 0.717) is 22.5 Å². The van der Waals surface area contributed by atoms with Gasteiger partial charge in [0.25, 0.3) is 11.2 Å². The summed E-state index contributed by atoms with van der Waals surface area (Å²) in [6.07, 6.45) is -1.30. The van der Waals surface area contributed by atoms with Crippen LogP contribution in [0.3, 0.4) is 0 Å². The minimum absolute atomic E-state index is 0.0227. The molecule has 0 bridgehead atoms. The number of rotatable bonds is 7. The summed E-state index contributed by atoms with van der Waals surface area (Å²) in [6.45, 7) is 0. The summed E-state index contributed by atoms with van der Waals surface area (Å²) in [5.41, 5.74) is 3.49. The van der Waals surface area contributed by atoms with Crippen molar-refractivity contribution >= 4 is 28.1 Å². The molecule has 0 spiro atoms. The number of anilines is 1. The Morgan fingerprint density at radius 3 is 2.55 bits per heavy atom. The van der Waals surface area contributed by atoms with Gasteiger partial charge < -0.3 is 14.8 Å². The van der Waals surface area contributed by atoms with Gasteiger partial charge in [0, 0.05) is 12.1 Å². The van der Waals surface area contributed by atoms with E-state index >= 15 is 0 Å². The monoisotopic (exact) mass is 445 g/mol. The van der Waals surface area contributed by atoms with Crippen LogP contribution in [0.4, 0.5) is 11.4 Å². The summed E-state index contributed by atoms with van der Waals surface area (Å²) >= 11 is 0. The van der Waals surface area contributed by atoms with Gasteiger partial charge in [-0.25, -0.2) is 4.98 Å². The second-order valence-electron chi connectivity index (χ2n) is 7.02. The second-order valence-corrected chi connectivity index (χ2v) is 7.02. The van der Waals surface area contributed by atoms with Crippen LogP contribution < -0.4 is 15.7 Å². The highest BCUT2D eigenvalue weighted by molar-refractivity contribution is 6.03. The molecule has 0 radical (unpaired) electrons. The molecular weight excluding hydrogens is 426 g/mol. The highest BCUT2D eigenvalue weighted by Gasteiger charge is 2.23. The number of aliphatic hydroxyl groups is 1. The fourth-order valence-corrected chi connectivity index (χ4v) is 3.19.